The first-order valence-electron chi connectivity index (χ1n) is 13.4. The number of allylic oxidation sites excluding steroid dienone is 1. The highest BCUT2D eigenvalue weighted by Gasteiger charge is 2.18. The van der Waals surface area contributed by atoms with Crippen LogP contribution in [0.4, 0.5) is 0 Å². The molecule has 2 saturated heterocycles. The Hall–Kier alpha value is -3.08. The Bertz CT molecular complexity index is 1040. The maximum Gasteiger partial charge on any atom is 0.199 e. The maximum atomic E-state index is 6.09. The van der Waals surface area contributed by atoms with Crippen molar-refractivity contribution in [3.63, 3.8) is 0 Å². The van der Waals surface area contributed by atoms with Gasteiger partial charge < -0.3 is 18.9 Å². The van der Waals surface area contributed by atoms with E-state index < -0.39 is 0 Å². The van der Waals surface area contributed by atoms with Crippen LogP contribution in [-0.2, 0) is 9.47 Å². The minimum Gasteiger partial charge on any atom is -0.465 e. The molecule has 2 atom stereocenters. The van der Waals surface area contributed by atoms with Crippen molar-refractivity contribution in [1.82, 2.24) is 0 Å². The van der Waals surface area contributed by atoms with E-state index in [0.29, 0.717) is 0 Å². The van der Waals surface area contributed by atoms with Gasteiger partial charge in [-0.05, 0) is 84.2 Å². The second-order valence-corrected chi connectivity index (χ2v) is 9.45. The molecule has 0 aromatic heterocycles. The monoisotopic (exact) mass is 484 g/mol. The highest BCUT2D eigenvalue weighted by molar-refractivity contribution is 5.98. The van der Waals surface area contributed by atoms with Crippen LogP contribution in [0.1, 0.15) is 68.6 Å². The summed E-state index contributed by atoms with van der Waals surface area (Å²) in [7, 11) is 0. The van der Waals surface area contributed by atoms with Crippen molar-refractivity contribution < 1.29 is 18.9 Å². The van der Waals surface area contributed by atoms with Crippen molar-refractivity contribution in [2.45, 2.75) is 64.4 Å². The third kappa shape index (κ3) is 6.18. The third-order valence-electron chi connectivity index (χ3n) is 6.87. The Morgan fingerprint density at radius 3 is 1.56 bits per heavy atom. The van der Waals surface area contributed by atoms with E-state index in [1.807, 2.05) is 0 Å². The fraction of sp³-hybridized carbons (Fsp3) is 0.375. The van der Waals surface area contributed by atoms with Gasteiger partial charge in [0.25, 0.3) is 0 Å². The predicted octanol–water partition coefficient (Wildman–Crippen LogP) is 7.87. The zero-order valence-corrected chi connectivity index (χ0v) is 21.2. The molecule has 2 fully saturated rings. The fourth-order valence-electron chi connectivity index (χ4n) is 4.99. The van der Waals surface area contributed by atoms with Gasteiger partial charge in [0.2, 0.25) is 0 Å². The number of hydrogen-bond donors (Lipinski definition) is 0. The van der Waals surface area contributed by atoms with Gasteiger partial charge in [-0.3, -0.25) is 0 Å². The van der Waals surface area contributed by atoms with Gasteiger partial charge in [0.15, 0.2) is 12.6 Å². The van der Waals surface area contributed by atoms with Gasteiger partial charge in [-0.1, -0.05) is 61.5 Å². The summed E-state index contributed by atoms with van der Waals surface area (Å²) in [6.07, 6.45) is 7.06. The molecule has 188 valence electrons. The minimum absolute atomic E-state index is 0.143. The molecule has 3 aromatic rings. The van der Waals surface area contributed by atoms with Gasteiger partial charge in [-0.2, -0.15) is 0 Å². The van der Waals surface area contributed by atoms with Crippen LogP contribution in [0.15, 0.2) is 78.9 Å². The third-order valence-corrected chi connectivity index (χ3v) is 6.87. The molecule has 2 aliphatic heterocycles. The van der Waals surface area contributed by atoms with Crippen LogP contribution in [0.3, 0.4) is 0 Å². The molecule has 0 N–H and O–H groups in total. The van der Waals surface area contributed by atoms with Crippen LogP contribution in [0, 0.1) is 0 Å². The Labute approximate surface area is 214 Å². The molecule has 2 heterocycles. The highest BCUT2D eigenvalue weighted by Crippen LogP contribution is 2.36. The van der Waals surface area contributed by atoms with E-state index in [-0.39, 0.29) is 12.6 Å². The van der Waals surface area contributed by atoms with Crippen molar-refractivity contribution in [2.24, 2.45) is 0 Å². The molecule has 5 rings (SSSR count). The first kappa shape index (κ1) is 24.6. The smallest absolute Gasteiger partial charge is 0.199 e. The molecule has 2 aliphatic rings. The SMILES string of the molecule is CCC(=C(c1ccc(OC2CCCCO2)cc1)c1ccc(OC2CCCCO2)cc1)c1ccccc1. The van der Waals surface area contributed by atoms with Gasteiger partial charge >= 0.3 is 0 Å². The van der Waals surface area contributed by atoms with Crippen LogP contribution in [0.25, 0.3) is 11.1 Å². The van der Waals surface area contributed by atoms with Gasteiger partial charge in [0, 0.05) is 12.8 Å². The molecular formula is C32H36O4. The van der Waals surface area contributed by atoms with E-state index in [9.17, 15) is 0 Å². The van der Waals surface area contributed by atoms with Crippen molar-refractivity contribution >= 4 is 11.1 Å². The van der Waals surface area contributed by atoms with E-state index in [4.69, 9.17) is 18.9 Å². The number of ether oxygens (including phenoxy) is 4. The Morgan fingerprint density at radius 2 is 1.14 bits per heavy atom. The molecule has 0 bridgehead atoms. The summed E-state index contributed by atoms with van der Waals surface area (Å²) in [6, 6.07) is 27.5. The first-order chi connectivity index (χ1) is 17.8. The zero-order valence-electron chi connectivity index (χ0n) is 21.2. The highest BCUT2D eigenvalue weighted by atomic mass is 16.7. The zero-order chi connectivity index (χ0) is 24.6. The van der Waals surface area contributed by atoms with E-state index in [2.05, 4.69) is 85.8 Å². The standard InChI is InChI=1S/C32H36O4/c1-2-29(24-10-4-3-5-11-24)32(25-14-18-27(19-15-25)35-30-12-6-8-22-33-30)26-16-20-28(21-17-26)36-31-13-7-9-23-34-31/h3-5,10-11,14-21,30-31H,2,6-9,12-13,22-23H2,1H3. The van der Waals surface area contributed by atoms with Crippen LogP contribution in [0.5, 0.6) is 11.5 Å². The van der Waals surface area contributed by atoms with Gasteiger partial charge in [0.1, 0.15) is 11.5 Å². The summed E-state index contributed by atoms with van der Waals surface area (Å²) in [5, 5.41) is 0. The summed E-state index contributed by atoms with van der Waals surface area (Å²) in [5.41, 5.74) is 6.10. The van der Waals surface area contributed by atoms with Crippen LogP contribution in [-0.4, -0.2) is 25.8 Å². The minimum atomic E-state index is -0.143. The molecule has 0 amide bonds. The van der Waals surface area contributed by atoms with E-state index in [0.717, 1.165) is 80.8 Å². The molecule has 0 radical (unpaired) electrons. The largest absolute Gasteiger partial charge is 0.465 e. The molecule has 36 heavy (non-hydrogen) atoms. The van der Waals surface area contributed by atoms with Crippen LogP contribution < -0.4 is 9.47 Å². The van der Waals surface area contributed by atoms with Gasteiger partial charge in [-0.15, -0.1) is 0 Å². The normalized spacial score (nSPS) is 19.9. The van der Waals surface area contributed by atoms with Crippen LogP contribution in [0.2, 0.25) is 0 Å². The lowest BCUT2D eigenvalue weighted by molar-refractivity contribution is -0.106. The molecule has 0 aliphatic carbocycles. The average Bonchev–Trinajstić information content (AvgIpc) is 2.94. The maximum absolute atomic E-state index is 6.09. The van der Waals surface area contributed by atoms with Crippen molar-refractivity contribution in [1.29, 1.82) is 0 Å². The average molecular weight is 485 g/mol. The van der Waals surface area contributed by atoms with E-state index in [1.165, 1.54) is 16.7 Å². The van der Waals surface area contributed by atoms with Gasteiger partial charge in [-0.25, -0.2) is 0 Å². The van der Waals surface area contributed by atoms with Crippen LogP contribution >= 0.6 is 0 Å². The molecular weight excluding hydrogens is 448 g/mol. The lowest BCUT2D eigenvalue weighted by Crippen LogP contribution is -2.24. The Morgan fingerprint density at radius 1 is 0.639 bits per heavy atom. The lowest BCUT2D eigenvalue weighted by Gasteiger charge is -2.24. The summed E-state index contributed by atoms with van der Waals surface area (Å²) >= 11 is 0. The first-order valence-corrected chi connectivity index (χ1v) is 13.4. The number of benzene rings is 3. The van der Waals surface area contributed by atoms with Crippen molar-refractivity contribution in [2.75, 3.05) is 13.2 Å². The molecule has 2 unspecified atom stereocenters. The molecule has 0 saturated carbocycles. The molecule has 0 spiro atoms. The molecule has 3 aromatic carbocycles. The number of rotatable bonds is 8. The quantitative estimate of drug-likeness (QED) is 0.305. The topological polar surface area (TPSA) is 36.9 Å². The summed E-state index contributed by atoms with van der Waals surface area (Å²) < 4.78 is 23.7. The Kier molecular flexibility index (Phi) is 8.37. The molecule has 4 heteroatoms. The Balaban J connectivity index is 1.44. The summed E-state index contributed by atoms with van der Waals surface area (Å²) in [4.78, 5) is 0. The summed E-state index contributed by atoms with van der Waals surface area (Å²) in [5.74, 6) is 1.69. The second kappa shape index (κ2) is 12.2. The number of hydrogen-bond acceptors (Lipinski definition) is 4. The second-order valence-electron chi connectivity index (χ2n) is 9.45. The predicted molar refractivity (Wildman–Crippen MR) is 144 cm³/mol. The summed E-state index contributed by atoms with van der Waals surface area (Å²) in [6.45, 7) is 3.77. The van der Waals surface area contributed by atoms with Gasteiger partial charge in [0.05, 0.1) is 13.2 Å². The fourth-order valence-corrected chi connectivity index (χ4v) is 4.99. The van der Waals surface area contributed by atoms with Crippen molar-refractivity contribution in [3.8, 4) is 11.5 Å². The lowest BCUT2D eigenvalue weighted by atomic mass is 9.88. The van der Waals surface area contributed by atoms with E-state index >= 15 is 0 Å². The molecule has 4 nitrogen and oxygen atoms in total. The van der Waals surface area contributed by atoms with E-state index in [1.54, 1.807) is 0 Å². The van der Waals surface area contributed by atoms with Crippen molar-refractivity contribution in [3.05, 3.63) is 95.6 Å².